The van der Waals surface area contributed by atoms with Crippen LogP contribution in [0.1, 0.15) is 16.8 Å². The zero-order valence-corrected chi connectivity index (χ0v) is 14.4. The van der Waals surface area contributed by atoms with E-state index in [0.717, 1.165) is 0 Å². The van der Waals surface area contributed by atoms with Crippen molar-refractivity contribution in [2.24, 2.45) is 10.2 Å². The van der Waals surface area contributed by atoms with Gasteiger partial charge in [0.15, 0.2) is 11.6 Å². The normalized spacial score (nSPS) is 11.2. The smallest absolute Gasteiger partial charge is 0.177 e. The van der Waals surface area contributed by atoms with Crippen LogP contribution in [0.25, 0.3) is 11.4 Å². The third kappa shape index (κ3) is 3.61. The van der Waals surface area contributed by atoms with Crippen molar-refractivity contribution < 1.29 is 15.3 Å². The van der Waals surface area contributed by atoms with Crippen LogP contribution >= 0.6 is 0 Å². The van der Waals surface area contributed by atoms with Crippen LogP contribution < -0.4 is 0 Å². The quantitative estimate of drug-likeness (QED) is 0.612. The second-order valence-electron chi connectivity index (χ2n) is 5.83. The monoisotopic (exact) mass is 350 g/mol. The molecule has 3 aromatic rings. The predicted octanol–water partition coefficient (Wildman–Crippen LogP) is 4.16. The van der Waals surface area contributed by atoms with Crippen molar-refractivity contribution in [3.63, 3.8) is 0 Å². The predicted molar refractivity (Wildman–Crippen MR) is 96.6 cm³/mol. The van der Waals surface area contributed by atoms with E-state index in [-0.39, 0.29) is 23.8 Å². The summed E-state index contributed by atoms with van der Waals surface area (Å²) in [6, 6.07) is 11.6. The van der Waals surface area contributed by atoms with Crippen molar-refractivity contribution in [2.75, 3.05) is 0 Å². The van der Waals surface area contributed by atoms with E-state index in [1.807, 2.05) is 0 Å². The molecule has 0 saturated heterocycles. The summed E-state index contributed by atoms with van der Waals surface area (Å²) in [5.74, 6) is 0.830. The lowest BCUT2D eigenvalue weighted by atomic mass is 10.1. The molecule has 0 aliphatic heterocycles. The van der Waals surface area contributed by atoms with Gasteiger partial charge in [0.2, 0.25) is 0 Å². The highest BCUT2D eigenvalue weighted by Crippen LogP contribution is 2.30. The van der Waals surface area contributed by atoms with Crippen molar-refractivity contribution in [2.45, 2.75) is 20.4 Å². The average molecular weight is 350 g/mol. The molecule has 1 heterocycles. The summed E-state index contributed by atoms with van der Waals surface area (Å²) in [4.78, 5) is 8.64. The first-order chi connectivity index (χ1) is 12.5. The summed E-state index contributed by atoms with van der Waals surface area (Å²) >= 11 is 0. The first-order valence-corrected chi connectivity index (χ1v) is 7.97. The SMILES string of the molecule is Cc1cc(N=NCc2ccc(O)c(C)c2O)nc(-c2ccccc2O)n1. The summed E-state index contributed by atoms with van der Waals surface area (Å²) in [6.07, 6.45) is 0. The summed E-state index contributed by atoms with van der Waals surface area (Å²) in [6.45, 7) is 3.57. The van der Waals surface area contributed by atoms with Crippen LogP contribution in [0.15, 0.2) is 52.7 Å². The van der Waals surface area contributed by atoms with Gasteiger partial charge >= 0.3 is 0 Å². The minimum absolute atomic E-state index is 0.00212. The number of hydrogen-bond acceptors (Lipinski definition) is 7. The highest BCUT2D eigenvalue weighted by Gasteiger charge is 2.10. The molecule has 0 radical (unpaired) electrons. The molecule has 7 heteroatoms. The standard InChI is InChI=1S/C19H18N4O3/c1-11-9-17(22-19(21-11)14-5-3-4-6-16(14)25)23-20-10-13-7-8-15(24)12(2)18(13)26/h3-9,24-26H,10H2,1-2H3. The van der Waals surface area contributed by atoms with Gasteiger partial charge in [0.05, 0.1) is 12.1 Å². The highest BCUT2D eigenvalue weighted by atomic mass is 16.3. The number of azo groups is 1. The molecular weight excluding hydrogens is 332 g/mol. The van der Waals surface area contributed by atoms with E-state index >= 15 is 0 Å². The van der Waals surface area contributed by atoms with Crippen LogP contribution in [0.3, 0.4) is 0 Å². The third-order valence-corrected chi connectivity index (χ3v) is 3.89. The maximum atomic E-state index is 10.0. The first-order valence-electron chi connectivity index (χ1n) is 7.97. The second kappa shape index (κ2) is 7.18. The summed E-state index contributed by atoms with van der Waals surface area (Å²) in [5.41, 5.74) is 2.16. The molecule has 0 aliphatic rings. The van der Waals surface area contributed by atoms with Crippen molar-refractivity contribution in [3.8, 4) is 28.6 Å². The molecule has 7 nitrogen and oxygen atoms in total. The summed E-state index contributed by atoms with van der Waals surface area (Å²) in [7, 11) is 0. The van der Waals surface area contributed by atoms with Gasteiger partial charge in [-0.3, -0.25) is 0 Å². The maximum Gasteiger partial charge on any atom is 0.177 e. The van der Waals surface area contributed by atoms with E-state index in [4.69, 9.17) is 0 Å². The maximum absolute atomic E-state index is 10.0. The van der Waals surface area contributed by atoms with Gasteiger partial charge in [-0.05, 0) is 38.1 Å². The average Bonchev–Trinajstić information content (AvgIpc) is 2.61. The second-order valence-corrected chi connectivity index (χ2v) is 5.83. The molecule has 0 bridgehead atoms. The van der Waals surface area contributed by atoms with Gasteiger partial charge in [-0.1, -0.05) is 12.1 Å². The van der Waals surface area contributed by atoms with Gasteiger partial charge in [0.25, 0.3) is 0 Å². The Morgan fingerprint density at radius 3 is 2.46 bits per heavy atom. The molecule has 3 N–H and O–H groups in total. The summed E-state index contributed by atoms with van der Waals surface area (Å²) < 4.78 is 0. The Kier molecular flexibility index (Phi) is 4.79. The fourth-order valence-corrected chi connectivity index (χ4v) is 2.44. The number of benzene rings is 2. The van der Waals surface area contributed by atoms with Crippen molar-refractivity contribution in [3.05, 3.63) is 59.3 Å². The van der Waals surface area contributed by atoms with Crippen molar-refractivity contribution >= 4 is 5.82 Å². The number of aromatic hydroxyl groups is 3. The van der Waals surface area contributed by atoms with Gasteiger partial charge in [0.1, 0.15) is 17.2 Å². The number of aromatic nitrogens is 2. The largest absolute Gasteiger partial charge is 0.508 e. The lowest BCUT2D eigenvalue weighted by Crippen LogP contribution is -1.92. The van der Waals surface area contributed by atoms with E-state index in [0.29, 0.717) is 34.0 Å². The number of phenols is 3. The van der Waals surface area contributed by atoms with Crippen molar-refractivity contribution in [1.82, 2.24) is 9.97 Å². The first kappa shape index (κ1) is 17.3. The van der Waals surface area contributed by atoms with E-state index in [1.54, 1.807) is 50.2 Å². The molecule has 0 amide bonds. The topological polar surface area (TPSA) is 111 Å². The molecular formula is C19H18N4O3. The molecule has 3 rings (SSSR count). The van der Waals surface area contributed by atoms with Crippen LogP contribution in [0.2, 0.25) is 0 Å². The number of hydrogen-bond donors (Lipinski definition) is 3. The number of rotatable bonds is 4. The van der Waals surface area contributed by atoms with Gasteiger partial charge in [-0.15, -0.1) is 5.11 Å². The van der Waals surface area contributed by atoms with E-state index in [2.05, 4.69) is 20.2 Å². The van der Waals surface area contributed by atoms with Crippen LogP contribution in [-0.2, 0) is 6.54 Å². The van der Waals surface area contributed by atoms with Gasteiger partial charge in [-0.2, -0.15) is 5.11 Å². The third-order valence-electron chi connectivity index (χ3n) is 3.89. The molecule has 0 spiro atoms. The molecule has 0 atom stereocenters. The molecule has 2 aromatic carbocycles. The van der Waals surface area contributed by atoms with Gasteiger partial charge in [0, 0.05) is 22.9 Å². The van der Waals surface area contributed by atoms with E-state index in [9.17, 15) is 15.3 Å². The molecule has 1 aromatic heterocycles. The molecule has 0 aliphatic carbocycles. The number of aryl methyl sites for hydroxylation is 1. The molecule has 0 saturated carbocycles. The number of para-hydroxylation sites is 1. The summed E-state index contributed by atoms with van der Waals surface area (Å²) in [5, 5.41) is 37.7. The Hall–Kier alpha value is -3.48. The Balaban J connectivity index is 1.86. The van der Waals surface area contributed by atoms with Crippen LogP contribution in [0, 0.1) is 13.8 Å². The fourth-order valence-electron chi connectivity index (χ4n) is 2.44. The van der Waals surface area contributed by atoms with Crippen molar-refractivity contribution in [1.29, 1.82) is 0 Å². The highest BCUT2D eigenvalue weighted by molar-refractivity contribution is 5.64. The van der Waals surface area contributed by atoms with Crippen LogP contribution in [0.4, 0.5) is 5.82 Å². The Morgan fingerprint density at radius 1 is 0.923 bits per heavy atom. The minimum Gasteiger partial charge on any atom is -0.508 e. The number of phenolic OH excluding ortho intramolecular Hbond substituents is 3. The zero-order chi connectivity index (χ0) is 18.7. The van der Waals surface area contributed by atoms with E-state index < -0.39 is 0 Å². The lowest BCUT2D eigenvalue weighted by Gasteiger charge is -2.06. The van der Waals surface area contributed by atoms with Gasteiger partial charge in [-0.25, -0.2) is 9.97 Å². The minimum atomic E-state index is -0.00212. The molecule has 0 fully saturated rings. The van der Waals surface area contributed by atoms with Gasteiger partial charge < -0.3 is 15.3 Å². The Morgan fingerprint density at radius 2 is 1.69 bits per heavy atom. The van der Waals surface area contributed by atoms with Crippen LogP contribution in [0.5, 0.6) is 17.2 Å². The number of nitrogens with zero attached hydrogens (tertiary/aromatic N) is 4. The van der Waals surface area contributed by atoms with E-state index in [1.165, 1.54) is 6.07 Å². The molecule has 0 unspecified atom stereocenters. The lowest BCUT2D eigenvalue weighted by molar-refractivity contribution is 0.438. The van der Waals surface area contributed by atoms with Crippen LogP contribution in [-0.4, -0.2) is 25.3 Å². The zero-order valence-electron chi connectivity index (χ0n) is 14.4. The molecule has 132 valence electrons. The molecule has 26 heavy (non-hydrogen) atoms. The Bertz CT molecular complexity index is 987. The fraction of sp³-hybridized carbons (Fsp3) is 0.158. The Labute approximate surface area is 150 Å².